The van der Waals surface area contributed by atoms with Crippen molar-refractivity contribution in [2.75, 3.05) is 18.6 Å². The van der Waals surface area contributed by atoms with E-state index in [2.05, 4.69) is 12.3 Å². The first-order valence-electron chi connectivity index (χ1n) is 6.83. The lowest BCUT2D eigenvalue weighted by atomic mass is 10.0. The van der Waals surface area contributed by atoms with Crippen LogP contribution in [0.3, 0.4) is 0 Å². The van der Waals surface area contributed by atoms with E-state index >= 15 is 0 Å². The number of nitrogens with two attached hydrogens (primary N) is 1. The molecule has 0 aliphatic rings. The Bertz CT molecular complexity index is 503. The second-order valence-corrected chi connectivity index (χ2v) is 7.17. The van der Waals surface area contributed by atoms with Crippen molar-refractivity contribution in [2.24, 2.45) is 5.84 Å². The van der Waals surface area contributed by atoms with Gasteiger partial charge in [0, 0.05) is 18.1 Å². The van der Waals surface area contributed by atoms with Crippen LogP contribution in [0.25, 0.3) is 0 Å². The Balaban J connectivity index is 2.64. The molecule has 0 amide bonds. The molecule has 1 aromatic carbocycles. The van der Waals surface area contributed by atoms with Crippen molar-refractivity contribution in [3.8, 4) is 5.75 Å². The highest BCUT2D eigenvalue weighted by molar-refractivity contribution is 7.90. The fourth-order valence-corrected chi connectivity index (χ4v) is 2.63. The van der Waals surface area contributed by atoms with Gasteiger partial charge >= 0.3 is 0 Å². The molecular weight excluding hydrogens is 276 g/mol. The maximum Gasteiger partial charge on any atom is 0.147 e. The lowest BCUT2D eigenvalue weighted by Crippen LogP contribution is -2.28. The van der Waals surface area contributed by atoms with E-state index in [0.717, 1.165) is 17.7 Å². The molecule has 1 unspecified atom stereocenters. The van der Waals surface area contributed by atoms with Crippen molar-refractivity contribution in [3.05, 3.63) is 29.8 Å². The minimum absolute atomic E-state index is 0.0677. The predicted octanol–water partition coefficient (Wildman–Crippen LogP) is 1.80. The van der Waals surface area contributed by atoms with Crippen molar-refractivity contribution >= 4 is 9.84 Å². The molecule has 0 fully saturated rings. The lowest BCUT2D eigenvalue weighted by molar-refractivity contribution is 0.316. The largest absolute Gasteiger partial charge is 0.494 e. The van der Waals surface area contributed by atoms with Crippen molar-refractivity contribution < 1.29 is 13.2 Å². The third-order valence-corrected chi connectivity index (χ3v) is 3.97. The summed E-state index contributed by atoms with van der Waals surface area (Å²) in [4.78, 5) is 0. The average Bonchev–Trinajstić information content (AvgIpc) is 2.40. The van der Waals surface area contributed by atoms with Gasteiger partial charge in [-0.1, -0.05) is 19.1 Å². The molecule has 5 nitrogen and oxygen atoms in total. The van der Waals surface area contributed by atoms with E-state index in [1.165, 1.54) is 6.26 Å². The smallest absolute Gasteiger partial charge is 0.147 e. The van der Waals surface area contributed by atoms with Gasteiger partial charge in [-0.3, -0.25) is 11.3 Å². The topological polar surface area (TPSA) is 81.4 Å². The summed E-state index contributed by atoms with van der Waals surface area (Å²) in [6, 6.07) is 7.66. The van der Waals surface area contributed by atoms with Crippen molar-refractivity contribution in [1.29, 1.82) is 0 Å². The number of nitrogens with one attached hydrogen (secondary N) is 1. The van der Waals surface area contributed by atoms with Gasteiger partial charge in [-0.2, -0.15) is 0 Å². The molecule has 20 heavy (non-hydrogen) atoms. The van der Waals surface area contributed by atoms with Crippen LogP contribution in [0, 0.1) is 0 Å². The van der Waals surface area contributed by atoms with E-state index in [4.69, 9.17) is 10.6 Å². The van der Waals surface area contributed by atoms with Gasteiger partial charge in [0.25, 0.3) is 0 Å². The molecule has 0 aliphatic heterocycles. The van der Waals surface area contributed by atoms with Crippen molar-refractivity contribution in [3.63, 3.8) is 0 Å². The molecule has 0 radical (unpaired) electrons. The molecule has 0 bridgehead atoms. The van der Waals surface area contributed by atoms with Crippen molar-refractivity contribution in [1.82, 2.24) is 5.43 Å². The summed E-state index contributed by atoms with van der Waals surface area (Å²) in [5, 5.41) is 0. The van der Waals surface area contributed by atoms with E-state index in [1.54, 1.807) is 0 Å². The van der Waals surface area contributed by atoms with Crippen LogP contribution in [0.5, 0.6) is 5.75 Å². The standard InChI is InChI=1S/C14H24N2O3S/c1-3-9-19-13-7-4-6-12(11-13)14(16-15)8-5-10-20(2,17)18/h4,6-7,11,14,16H,3,5,8-10,15H2,1-2H3. The fourth-order valence-electron chi connectivity index (χ4n) is 1.94. The van der Waals surface area contributed by atoms with E-state index in [-0.39, 0.29) is 11.8 Å². The molecular formula is C14H24N2O3S. The first kappa shape index (κ1) is 16.9. The van der Waals surface area contributed by atoms with E-state index in [0.29, 0.717) is 19.4 Å². The number of hydrazine groups is 1. The number of ether oxygens (including phenoxy) is 1. The van der Waals surface area contributed by atoms with Gasteiger partial charge in [-0.05, 0) is 37.0 Å². The minimum Gasteiger partial charge on any atom is -0.494 e. The molecule has 0 saturated carbocycles. The summed E-state index contributed by atoms with van der Waals surface area (Å²) < 4.78 is 27.9. The van der Waals surface area contributed by atoms with E-state index in [9.17, 15) is 8.42 Å². The van der Waals surface area contributed by atoms with Crippen LogP contribution in [0.15, 0.2) is 24.3 Å². The summed E-state index contributed by atoms with van der Waals surface area (Å²) >= 11 is 0. The predicted molar refractivity (Wildman–Crippen MR) is 81.2 cm³/mol. The third-order valence-electron chi connectivity index (χ3n) is 2.94. The Morgan fingerprint density at radius 3 is 2.75 bits per heavy atom. The molecule has 0 spiro atoms. The zero-order chi connectivity index (χ0) is 15.0. The first-order chi connectivity index (χ1) is 9.46. The molecule has 0 heterocycles. The quantitative estimate of drug-likeness (QED) is 0.537. The van der Waals surface area contributed by atoms with Crippen LogP contribution in [0.2, 0.25) is 0 Å². The number of rotatable bonds is 9. The number of benzene rings is 1. The zero-order valence-electron chi connectivity index (χ0n) is 12.1. The second kappa shape index (κ2) is 8.24. The highest BCUT2D eigenvalue weighted by Gasteiger charge is 2.12. The van der Waals surface area contributed by atoms with Crippen molar-refractivity contribution in [2.45, 2.75) is 32.2 Å². The Morgan fingerprint density at radius 2 is 2.15 bits per heavy atom. The van der Waals surface area contributed by atoms with Crippen LogP contribution in [-0.2, 0) is 9.84 Å². The zero-order valence-corrected chi connectivity index (χ0v) is 12.9. The molecule has 1 rings (SSSR count). The minimum atomic E-state index is -2.92. The second-order valence-electron chi connectivity index (χ2n) is 4.91. The summed E-state index contributed by atoms with van der Waals surface area (Å²) in [6.07, 6.45) is 3.45. The summed E-state index contributed by atoms with van der Waals surface area (Å²) in [7, 11) is -2.92. The Morgan fingerprint density at radius 1 is 1.40 bits per heavy atom. The molecule has 6 heteroatoms. The Hall–Kier alpha value is -1.11. The Labute approximate surface area is 121 Å². The molecule has 3 N–H and O–H groups in total. The summed E-state index contributed by atoms with van der Waals surface area (Å²) in [5.41, 5.74) is 3.75. The number of hydrogen-bond donors (Lipinski definition) is 2. The van der Waals surface area contributed by atoms with Crippen LogP contribution in [0.1, 0.15) is 37.8 Å². The van der Waals surface area contributed by atoms with Gasteiger partial charge in [0.1, 0.15) is 15.6 Å². The summed E-state index contributed by atoms with van der Waals surface area (Å²) in [5.74, 6) is 6.56. The van der Waals surface area contributed by atoms with Crippen LogP contribution < -0.4 is 16.0 Å². The van der Waals surface area contributed by atoms with Crippen LogP contribution in [0.4, 0.5) is 0 Å². The molecule has 0 aromatic heterocycles. The number of sulfone groups is 1. The van der Waals surface area contributed by atoms with Crippen LogP contribution >= 0.6 is 0 Å². The van der Waals surface area contributed by atoms with E-state index in [1.807, 2.05) is 24.3 Å². The lowest BCUT2D eigenvalue weighted by Gasteiger charge is -2.17. The number of hydrogen-bond acceptors (Lipinski definition) is 5. The van der Waals surface area contributed by atoms with Crippen LogP contribution in [-0.4, -0.2) is 27.0 Å². The van der Waals surface area contributed by atoms with Gasteiger partial charge in [-0.15, -0.1) is 0 Å². The fraction of sp³-hybridized carbons (Fsp3) is 0.571. The Kier molecular flexibility index (Phi) is 6.98. The highest BCUT2D eigenvalue weighted by Crippen LogP contribution is 2.22. The van der Waals surface area contributed by atoms with Gasteiger partial charge in [0.15, 0.2) is 0 Å². The summed E-state index contributed by atoms with van der Waals surface area (Å²) in [6.45, 7) is 2.73. The molecule has 0 aliphatic carbocycles. The van der Waals surface area contributed by atoms with Gasteiger partial charge in [-0.25, -0.2) is 8.42 Å². The third kappa shape index (κ3) is 6.36. The first-order valence-corrected chi connectivity index (χ1v) is 8.89. The molecule has 114 valence electrons. The normalized spacial score (nSPS) is 13.2. The molecule has 1 aromatic rings. The molecule has 0 saturated heterocycles. The maximum absolute atomic E-state index is 11.1. The monoisotopic (exact) mass is 300 g/mol. The average molecular weight is 300 g/mol. The van der Waals surface area contributed by atoms with Gasteiger partial charge < -0.3 is 4.74 Å². The maximum atomic E-state index is 11.1. The SMILES string of the molecule is CCCOc1cccc(C(CCCS(C)(=O)=O)NN)c1. The van der Waals surface area contributed by atoms with E-state index < -0.39 is 9.84 Å². The van der Waals surface area contributed by atoms with Gasteiger partial charge in [0.2, 0.25) is 0 Å². The van der Waals surface area contributed by atoms with Gasteiger partial charge in [0.05, 0.1) is 6.61 Å². The molecule has 1 atom stereocenters. The highest BCUT2D eigenvalue weighted by atomic mass is 32.2.